The Bertz CT molecular complexity index is 1740. The first kappa shape index (κ1) is 33.4. The van der Waals surface area contributed by atoms with Crippen molar-refractivity contribution >= 4 is 40.3 Å². The predicted octanol–water partition coefficient (Wildman–Crippen LogP) is 1.88. The monoisotopic (exact) mass is 625 g/mol. The van der Waals surface area contributed by atoms with E-state index in [1.165, 1.54) is 6.07 Å². The third-order valence-corrected chi connectivity index (χ3v) is 7.35. The Balaban J connectivity index is 1.53. The first-order valence-electron chi connectivity index (χ1n) is 14.9. The zero-order valence-corrected chi connectivity index (χ0v) is 25.6. The van der Waals surface area contributed by atoms with Crippen molar-refractivity contribution in [1.29, 1.82) is 0 Å². The van der Waals surface area contributed by atoms with Crippen molar-refractivity contribution in [1.82, 2.24) is 10.6 Å². The molecule has 0 aliphatic heterocycles. The van der Waals surface area contributed by atoms with Crippen LogP contribution in [0, 0.1) is 6.92 Å². The number of amides is 3. The number of guanidine groups is 1. The number of anilines is 1. The minimum Gasteiger partial charge on any atom is -0.423 e. The van der Waals surface area contributed by atoms with E-state index in [9.17, 15) is 19.2 Å². The number of hydrogen-bond acceptors (Lipinski definition) is 7. The van der Waals surface area contributed by atoms with Crippen LogP contribution >= 0.6 is 0 Å². The lowest BCUT2D eigenvalue weighted by atomic mass is 10.0. The Morgan fingerprint density at radius 3 is 2.09 bits per heavy atom. The highest BCUT2D eigenvalue weighted by molar-refractivity contribution is 5.99. The molecule has 1 heterocycles. The summed E-state index contributed by atoms with van der Waals surface area (Å²) in [6.07, 6.45) is 1.02. The van der Waals surface area contributed by atoms with Gasteiger partial charge >= 0.3 is 5.63 Å². The minimum absolute atomic E-state index is 0.0875. The molecule has 4 aromatic rings. The van der Waals surface area contributed by atoms with Crippen molar-refractivity contribution in [2.45, 2.75) is 50.7 Å². The SMILES string of the molecule is Cc1cc(=O)oc2cc(NC(=O)C(CCCN=C(N)N)NC(=O)C(Cc3ccccc3)NC(=O)C(N)Cc3ccccc3)ccc12. The molecule has 3 atom stereocenters. The van der Waals surface area contributed by atoms with E-state index in [1.807, 2.05) is 60.7 Å². The van der Waals surface area contributed by atoms with Gasteiger partial charge in [-0.05, 0) is 55.0 Å². The van der Waals surface area contributed by atoms with Gasteiger partial charge in [-0.15, -0.1) is 0 Å². The van der Waals surface area contributed by atoms with Gasteiger partial charge in [0.15, 0.2) is 5.96 Å². The molecule has 0 spiro atoms. The van der Waals surface area contributed by atoms with Crippen LogP contribution in [0.5, 0.6) is 0 Å². The van der Waals surface area contributed by atoms with Gasteiger partial charge in [-0.1, -0.05) is 60.7 Å². The van der Waals surface area contributed by atoms with Crippen LogP contribution in [0.25, 0.3) is 11.0 Å². The normalized spacial score (nSPS) is 12.8. The molecule has 46 heavy (non-hydrogen) atoms. The number of nitrogens with one attached hydrogen (secondary N) is 3. The average Bonchev–Trinajstić information content (AvgIpc) is 3.02. The summed E-state index contributed by atoms with van der Waals surface area (Å²) in [5, 5.41) is 9.11. The maximum atomic E-state index is 13.8. The van der Waals surface area contributed by atoms with Gasteiger partial charge < -0.3 is 37.6 Å². The Morgan fingerprint density at radius 1 is 0.804 bits per heavy atom. The highest BCUT2D eigenvalue weighted by Gasteiger charge is 2.28. The summed E-state index contributed by atoms with van der Waals surface area (Å²) in [7, 11) is 0. The van der Waals surface area contributed by atoms with Crippen molar-refractivity contribution < 1.29 is 18.8 Å². The van der Waals surface area contributed by atoms with Crippen LogP contribution in [0.15, 0.2) is 99.1 Å². The van der Waals surface area contributed by atoms with Crippen molar-refractivity contribution in [2.75, 3.05) is 11.9 Å². The van der Waals surface area contributed by atoms with E-state index in [1.54, 1.807) is 25.1 Å². The molecule has 9 N–H and O–H groups in total. The molecule has 12 nitrogen and oxygen atoms in total. The molecule has 4 rings (SSSR count). The number of aliphatic imine (C=N–C) groups is 1. The summed E-state index contributed by atoms with van der Waals surface area (Å²) < 4.78 is 5.31. The van der Waals surface area contributed by atoms with Gasteiger partial charge in [0.1, 0.15) is 17.7 Å². The molecule has 240 valence electrons. The molecule has 0 radical (unpaired) electrons. The molecule has 0 saturated carbocycles. The van der Waals surface area contributed by atoms with Crippen LogP contribution < -0.4 is 38.8 Å². The number of aryl methyl sites for hydroxylation is 1. The molecule has 3 amide bonds. The highest BCUT2D eigenvalue weighted by atomic mass is 16.4. The lowest BCUT2D eigenvalue weighted by molar-refractivity contribution is -0.131. The van der Waals surface area contributed by atoms with Crippen LogP contribution in [0.2, 0.25) is 0 Å². The van der Waals surface area contributed by atoms with Crippen LogP contribution in [0.3, 0.4) is 0 Å². The van der Waals surface area contributed by atoms with E-state index < -0.39 is 41.5 Å². The van der Waals surface area contributed by atoms with Crippen molar-refractivity contribution in [3.05, 3.63) is 112 Å². The summed E-state index contributed by atoms with van der Waals surface area (Å²) in [5.41, 5.74) is 19.7. The van der Waals surface area contributed by atoms with Crippen molar-refractivity contribution in [3.8, 4) is 0 Å². The van der Waals surface area contributed by atoms with Gasteiger partial charge in [-0.3, -0.25) is 19.4 Å². The number of rotatable bonds is 14. The zero-order chi connectivity index (χ0) is 33.1. The summed E-state index contributed by atoms with van der Waals surface area (Å²) in [4.78, 5) is 56.4. The molecule has 0 fully saturated rings. The molecule has 0 bridgehead atoms. The third kappa shape index (κ3) is 9.76. The quantitative estimate of drug-likeness (QED) is 0.0526. The third-order valence-electron chi connectivity index (χ3n) is 7.35. The first-order chi connectivity index (χ1) is 22.1. The Hall–Kier alpha value is -5.49. The zero-order valence-electron chi connectivity index (χ0n) is 25.6. The van der Waals surface area contributed by atoms with Crippen LogP contribution in [0.1, 0.15) is 29.5 Å². The van der Waals surface area contributed by atoms with E-state index in [2.05, 4.69) is 20.9 Å². The maximum absolute atomic E-state index is 13.8. The van der Waals surface area contributed by atoms with Gasteiger partial charge in [0.05, 0.1) is 6.04 Å². The Labute approximate surface area is 266 Å². The number of nitrogens with two attached hydrogens (primary N) is 3. The standard InChI is InChI=1S/C34H39N7O5/c1-21-17-30(42)46-29-20-24(14-15-25(21)29)39-32(44)27(13-8-16-38-34(36)37)40-33(45)28(19-23-11-6-3-7-12-23)41-31(43)26(35)18-22-9-4-2-5-10-22/h2-7,9-12,14-15,17,20,26-28H,8,13,16,18-19,35H2,1H3,(H,39,44)(H,40,45)(H,41,43)(H4,36,37,38). The molecule has 0 aliphatic carbocycles. The fourth-order valence-corrected chi connectivity index (χ4v) is 4.98. The molecule has 1 aromatic heterocycles. The highest BCUT2D eigenvalue weighted by Crippen LogP contribution is 2.21. The molecule has 3 aromatic carbocycles. The van der Waals surface area contributed by atoms with E-state index in [0.29, 0.717) is 17.7 Å². The van der Waals surface area contributed by atoms with Crippen molar-refractivity contribution in [3.63, 3.8) is 0 Å². The topological polar surface area (TPSA) is 208 Å². The molecule has 12 heteroatoms. The lowest BCUT2D eigenvalue weighted by Crippen LogP contribution is -2.56. The molecule has 0 saturated heterocycles. The van der Waals surface area contributed by atoms with Gasteiger partial charge in [0.2, 0.25) is 17.7 Å². The first-order valence-corrected chi connectivity index (χ1v) is 14.9. The molecule has 0 aliphatic rings. The number of fused-ring (bicyclic) bond motifs is 1. The van der Waals surface area contributed by atoms with Gasteiger partial charge in [0, 0.05) is 36.2 Å². The number of nitrogens with zero attached hydrogens (tertiary/aromatic N) is 1. The number of carbonyl (C=O) groups excluding carboxylic acids is 3. The number of carbonyl (C=O) groups is 3. The smallest absolute Gasteiger partial charge is 0.336 e. The van der Waals surface area contributed by atoms with Crippen LogP contribution in [-0.2, 0) is 27.2 Å². The summed E-state index contributed by atoms with van der Waals surface area (Å²) in [5.74, 6) is -1.67. The molecular formula is C34H39N7O5. The van der Waals surface area contributed by atoms with Crippen molar-refractivity contribution in [2.24, 2.45) is 22.2 Å². The van der Waals surface area contributed by atoms with Gasteiger partial charge in [0.25, 0.3) is 0 Å². The fraction of sp³-hybridized carbons (Fsp3) is 0.265. The minimum atomic E-state index is -1.03. The van der Waals surface area contributed by atoms with Crippen LogP contribution in [0.4, 0.5) is 5.69 Å². The number of benzene rings is 3. The second-order valence-corrected chi connectivity index (χ2v) is 11.0. The van der Waals surface area contributed by atoms with E-state index in [4.69, 9.17) is 21.6 Å². The Kier molecular flexibility index (Phi) is 11.6. The fourth-order valence-electron chi connectivity index (χ4n) is 4.98. The Morgan fingerprint density at radius 2 is 1.43 bits per heavy atom. The average molecular weight is 626 g/mol. The largest absolute Gasteiger partial charge is 0.423 e. The maximum Gasteiger partial charge on any atom is 0.336 e. The van der Waals surface area contributed by atoms with Crippen LogP contribution in [-0.4, -0.2) is 48.4 Å². The molecular weight excluding hydrogens is 586 g/mol. The summed E-state index contributed by atoms with van der Waals surface area (Å²) in [6.45, 7) is 2.03. The summed E-state index contributed by atoms with van der Waals surface area (Å²) >= 11 is 0. The lowest BCUT2D eigenvalue weighted by Gasteiger charge is -2.24. The second-order valence-electron chi connectivity index (χ2n) is 11.0. The predicted molar refractivity (Wildman–Crippen MR) is 178 cm³/mol. The second kappa shape index (κ2) is 16.0. The van der Waals surface area contributed by atoms with E-state index in [-0.39, 0.29) is 31.8 Å². The number of hydrogen-bond donors (Lipinski definition) is 6. The summed E-state index contributed by atoms with van der Waals surface area (Å²) in [6, 6.07) is 22.0. The molecule has 3 unspecified atom stereocenters. The van der Waals surface area contributed by atoms with Gasteiger partial charge in [-0.2, -0.15) is 0 Å². The van der Waals surface area contributed by atoms with E-state index >= 15 is 0 Å². The van der Waals surface area contributed by atoms with E-state index in [0.717, 1.165) is 22.1 Å². The van der Waals surface area contributed by atoms with Gasteiger partial charge in [-0.25, -0.2) is 4.79 Å².